The Hall–Kier alpha value is -1.70. The smallest absolute Gasteiger partial charge is 0.277 e. The highest BCUT2D eigenvalue weighted by Crippen LogP contribution is 2.31. The molecule has 0 aliphatic heterocycles. The summed E-state index contributed by atoms with van der Waals surface area (Å²) >= 11 is 3.06. The van der Waals surface area contributed by atoms with Crippen LogP contribution < -0.4 is 0 Å². The van der Waals surface area contributed by atoms with E-state index in [1.807, 2.05) is 38.1 Å². The van der Waals surface area contributed by atoms with Gasteiger partial charge in [0.2, 0.25) is 0 Å². The van der Waals surface area contributed by atoms with Gasteiger partial charge in [0, 0.05) is 5.75 Å². The van der Waals surface area contributed by atoms with Gasteiger partial charge in [-0.2, -0.15) is 0 Å². The number of thioether (sulfide) groups is 1. The quantitative estimate of drug-likeness (QED) is 0.719. The summed E-state index contributed by atoms with van der Waals surface area (Å²) in [6, 6.07) is 7.82. The average molecular weight is 333 g/mol. The average Bonchev–Trinajstić information content (AvgIpc) is 3.12. The van der Waals surface area contributed by atoms with Crippen LogP contribution in [0.5, 0.6) is 0 Å². The van der Waals surface area contributed by atoms with Crippen LogP contribution in [-0.4, -0.2) is 20.3 Å². The summed E-state index contributed by atoms with van der Waals surface area (Å²) in [7, 11) is 0. The normalized spacial score (nSPS) is 11.0. The minimum absolute atomic E-state index is 0.0636. The largest absolute Gasteiger partial charge is 0.410 e. The molecule has 7 heteroatoms. The number of aryl methyl sites for hydroxylation is 2. The van der Waals surface area contributed by atoms with Gasteiger partial charge in [-0.15, -0.1) is 21.5 Å². The second kappa shape index (κ2) is 6.60. The van der Waals surface area contributed by atoms with Gasteiger partial charge in [0.25, 0.3) is 11.1 Å². The lowest BCUT2D eigenvalue weighted by Gasteiger charge is -2.00. The Morgan fingerprint density at radius 3 is 2.50 bits per heavy atom. The highest BCUT2D eigenvalue weighted by Gasteiger charge is 2.15. The lowest BCUT2D eigenvalue weighted by molar-refractivity contribution is 0.282. The van der Waals surface area contributed by atoms with Crippen LogP contribution in [0.2, 0.25) is 0 Å². The summed E-state index contributed by atoms with van der Waals surface area (Å²) in [6.45, 7) is 3.97. The lowest BCUT2D eigenvalue weighted by atomic mass is 10.2. The van der Waals surface area contributed by atoms with Gasteiger partial charge in [-0.1, -0.05) is 36.0 Å². The molecule has 22 heavy (non-hydrogen) atoms. The van der Waals surface area contributed by atoms with Crippen molar-refractivity contribution in [2.24, 2.45) is 0 Å². The molecule has 0 fully saturated rings. The standard InChI is InChI=1S/C15H15N3O2S2/c1-9-13(22-10(2)16-9)14-17-18-15(20-14)21-8-12-5-3-11(7-19)4-6-12/h3-6,19H,7-8H2,1-2H3. The fraction of sp³-hybridized carbons (Fsp3) is 0.267. The van der Waals surface area contributed by atoms with Crippen molar-refractivity contribution >= 4 is 23.1 Å². The number of nitrogens with zero attached hydrogens (tertiary/aromatic N) is 3. The maximum absolute atomic E-state index is 9.03. The summed E-state index contributed by atoms with van der Waals surface area (Å²) in [5, 5.41) is 18.7. The van der Waals surface area contributed by atoms with Crippen molar-refractivity contribution in [3.63, 3.8) is 0 Å². The van der Waals surface area contributed by atoms with Gasteiger partial charge in [-0.05, 0) is 25.0 Å². The lowest BCUT2D eigenvalue weighted by Crippen LogP contribution is -1.85. The van der Waals surface area contributed by atoms with E-state index >= 15 is 0 Å². The first kappa shape index (κ1) is 15.2. The van der Waals surface area contributed by atoms with Crippen molar-refractivity contribution in [3.8, 4) is 10.8 Å². The van der Waals surface area contributed by atoms with Gasteiger partial charge >= 0.3 is 0 Å². The van der Waals surface area contributed by atoms with Crippen LogP contribution in [-0.2, 0) is 12.4 Å². The third kappa shape index (κ3) is 3.37. The molecular formula is C15H15N3O2S2. The molecule has 2 aromatic heterocycles. The topological polar surface area (TPSA) is 72.0 Å². The molecule has 0 radical (unpaired) electrons. The molecule has 0 unspecified atom stereocenters. The summed E-state index contributed by atoms with van der Waals surface area (Å²) in [6.07, 6.45) is 0. The van der Waals surface area contributed by atoms with Crippen molar-refractivity contribution in [2.45, 2.75) is 31.4 Å². The summed E-state index contributed by atoms with van der Waals surface area (Å²) in [5.41, 5.74) is 2.97. The summed E-state index contributed by atoms with van der Waals surface area (Å²) < 4.78 is 5.70. The first-order chi connectivity index (χ1) is 10.7. The Bertz CT molecular complexity index is 765. The van der Waals surface area contributed by atoms with Crippen LogP contribution in [0.25, 0.3) is 10.8 Å². The molecule has 3 aromatic rings. The molecule has 0 amide bonds. The minimum Gasteiger partial charge on any atom is -0.410 e. The van der Waals surface area contributed by atoms with E-state index in [9.17, 15) is 0 Å². The second-order valence-corrected chi connectivity index (χ2v) is 6.91. The molecule has 0 bridgehead atoms. The number of benzene rings is 1. The van der Waals surface area contributed by atoms with Crippen molar-refractivity contribution in [1.29, 1.82) is 0 Å². The molecule has 114 valence electrons. The third-order valence-electron chi connectivity index (χ3n) is 3.07. The zero-order chi connectivity index (χ0) is 15.5. The third-order valence-corrected chi connectivity index (χ3v) is 5.02. The summed E-state index contributed by atoms with van der Waals surface area (Å²) in [4.78, 5) is 5.30. The molecule has 3 rings (SSSR count). The second-order valence-electron chi connectivity index (χ2n) is 4.78. The number of aliphatic hydroxyl groups is 1. The Morgan fingerprint density at radius 1 is 1.14 bits per heavy atom. The van der Waals surface area contributed by atoms with Crippen LogP contribution in [0.4, 0.5) is 0 Å². The van der Waals surface area contributed by atoms with Crippen LogP contribution in [0.15, 0.2) is 33.9 Å². The summed E-state index contributed by atoms with van der Waals surface area (Å²) in [5.74, 6) is 1.27. The van der Waals surface area contributed by atoms with Crippen molar-refractivity contribution in [2.75, 3.05) is 0 Å². The molecule has 0 aliphatic rings. The fourth-order valence-electron chi connectivity index (χ4n) is 1.98. The van der Waals surface area contributed by atoms with Crippen molar-refractivity contribution in [1.82, 2.24) is 15.2 Å². The van der Waals surface area contributed by atoms with Gasteiger partial charge in [-0.3, -0.25) is 0 Å². The van der Waals surface area contributed by atoms with Crippen LogP contribution in [0, 0.1) is 13.8 Å². The first-order valence-electron chi connectivity index (χ1n) is 6.75. The number of thiazole rings is 1. The van der Waals surface area contributed by atoms with Gasteiger partial charge < -0.3 is 9.52 Å². The van der Waals surface area contributed by atoms with E-state index in [0.29, 0.717) is 11.1 Å². The van der Waals surface area contributed by atoms with Gasteiger partial charge in [0.05, 0.1) is 17.3 Å². The minimum atomic E-state index is 0.0636. The van der Waals surface area contributed by atoms with E-state index in [1.165, 1.54) is 11.8 Å². The zero-order valence-corrected chi connectivity index (χ0v) is 13.9. The molecule has 5 nitrogen and oxygen atoms in total. The van der Waals surface area contributed by atoms with E-state index in [0.717, 1.165) is 32.5 Å². The zero-order valence-electron chi connectivity index (χ0n) is 12.2. The highest BCUT2D eigenvalue weighted by molar-refractivity contribution is 7.98. The molecule has 0 saturated carbocycles. The van der Waals surface area contributed by atoms with Gasteiger partial charge in [0.15, 0.2) is 0 Å². The molecule has 0 saturated heterocycles. The maximum atomic E-state index is 9.03. The molecular weight excluding hydrogens is 318 g/mol. The van der Waals surface area contributed by atoms with Crippen molar-refractivity contribution in [3.05, 3.63) is 46.1 Å². The Balaban J connectivity index is 1.67. The Kier molecular flexibility index (Phi) is 4.56. The predicted molar refractivity (Wildman–Crippen MR) is 86.8 cm³/mol. The van der Waals surface area contributed by atoms with E-state index in [1.54, 1.807) is 11.3 Å². The Morgan fingerprint density at radius 2 is 1.86 bits per heavy atom. The van der Waals surface area contributed by atoms with Crippen LogP contribution in [0.1, 0.15) is 21.8 Å². The predicted octanol–water partition coefficient (Wildman–Crippen LogP) is 3.59. The molecule has 2 heterocycles. The highest BCUT2D eigenvalue weighted by atomic mass is 32.2. The van der Waals surface area contributed by atoms with Crippen LogP contribution in [0.3, 0.4) is 0 Å². The maximum Gasteiger partial charge on any atom is 0.277 e. The first-order valence-corrected chi connectivity index (χ1v) is 8.55. The van der Waals surface area contributed by atoms with E-state index in [2.05, 4.69) is 15.2 Å². The molecule has 0 atom stereocenters. The van der Waals surface area contributed by atoms with Crippen LogP contribution >= 0.6 is 23.1 Å². The molecule has 0 spiro atoms. The molecule has 1 aromatic carbocycles. The SMILES string of the molecule is Cc1nc(C)c(-c2nnc(SCc3ccc(CO)cc3)o2)s1. The monoisotopic (exact) mass is 333 g/mol. The van der Waals surface area contributed by atoms with E-state index in [-0.39, 0.29) is 6.61 Å². The number of rotatable bonds is 5. The number of hydrogen-bond donors (Lipinski definition) is 1. The van der Waals surface area contributed by atoms with E-state index in [4.69, 9.17) is 9.52 Å². The molecule has 0 aliphatic carbocycles. The Labute approximate surface area is 136 Å². The number of aliphatic hydroxyl groups excluding tert-OH is 1. The van der Waals surface area contributed by atoms with E-state index < -0.39 is 0 Å². The number of aromatic nitrogens is 3. The van der Waals surface area contributed by atoms with Gasteiger partial charge in [-0.25, -0.2) is 4.98 Å². The fourth-order valence-corrected chi connectivity index (χ4v) is 3.54. The van der Waals surface area contributed by atoms with Crippen molar-refractivity contribution < 1.29 is 9.52 Å². The van der Waals surface area contributed by atoms with Gasteiger partial charge in [0.1, 0.15) is 4.88 Å². The molecule has 1 N–H and O–H groups in total. The number of hydrogen-bond acceptors (Lipinski definition) is 7.